The molecule has 124 valence electrons. The Morgan fingerprint density at radius 1 is 1.22 bits per heavy atom. The standard InChI is InChI=1S/C19H27N3O/c1-15(2)14-23-19-8-7-16(11-18(19)20)5-3-9-21-12-17-6-4-10-22-13-17/h4,6-8,10-11,13,15,21H,3,5,9,12,14,20H2,1-2H3. The summed E-state index contributed by atoms with van der Waals surface area (Å²) < 4.78 is 5.70. The molecule has 23 heavy (non-hydrogen) atoms. The van der Waals surface area contributed by atoms with Crippen molar-refractivity contribution in [1.82, 2.24) is 10.3 Å². The van der Waals surface area contributed by atoms with Gasteiger partial charge in [0.1, 0.15) is 5.75 Å². The number of rotatable bonds is 9. The number of aromatic nitrogens is 1. The van der Waals surface area contributed by atoms with Gasteiger partial charge in [-0.1, -0.05) is 26.0 Å². The van der Waals surface area contributed by atoms with Crippen molar-refractivity contribution in [2.75, 3.05) is 18.9 Å². The van der Waals surface area contributed by atoms with Gasteiger partial charge in [-0.15, -0.1) is 0 Å². The van der Waals surface area contributed by atoms with Crippen LogP contribution >= 0.6 is 0 Å². The maximum Gasteiger partial charge on any atom is 0.142 e. The Hall–Kier alpha value is -2.07. The number of hydrogen-bond acceptors (Lipinski definition) is 4. The van der Waals surface area contributed by atoms with Crippen molar-refractivity contribution in [3.8, 4) is 5.75 Å². The lowest BCUT2D eigenvalue weighted by molar-refractivity contribution is 0.272. The van der Waals surface area contributed by atoms with Gasteiger partial charge < -0.3 is 15.8 Å². The highest BCUT2D eigenvalue weighted by Gasteiger charge is 2.03. The predicted molar refractivity (Wildman–Crippen MR) is 95.5 cm³/mol. The van der Waals surface area contributed by atoms with Crippen LogP contribution in [0.15, 0.2) is 42.7 Å². The van der Waals surface area contributed by atoms with Crippen molar-refractivity contribution < 1.29 is 4.74 Å². The molecule has 4 heteroatoms. The summed E-state index contributed by atoms with van der Waals surface area (Å²) >= 11 is 0. The van der Waals surface area contributed by atoms with Crippen LogP contribution in [0.1, 0.15) is 31.4 Å². The van der Waals surface area contributed by atoms with Crippen molar-refractivity contribution >= 4 is 5.69 Å². The van der Waals surface area contributed by atoms with Gasteiger partial charge in [0.15, 0.2) is 0 Å². The lowest BCUT2D eigenvalue weighted by atomic mass is 10.1. The second kappa shape index (κ2) is 9.16. The Balaban J connectivity index is 1.70. The summed E-state index contributed by atoms with van der Waals surface area (Å²) in [6.45, 7) is 6.78. The van der Waals surface area contributed by atoms with Gasteiger partial charge in [-0.3, -0.25) is 4.98 Å². The third kappa shape index (κ3) is 6.28. The van der Waals surface area contributed by atoms with E-state index in [4.69, 9.17) is 10.5 Å². The van der Waals surface area contributed by atoms with Gasteiger partial charge in [-0.2, -0.15) is 0 Å². The molecule has 0 atom stereocenters. The summed E-state index contributed by atoms with van der Waals surface area (Å²) in [6, 6.07) is 10.2. The lowest BCUT2D eigenvalue weighted by Crippen LogP contribution is -2.15. The molecular weight excluding hydrogens is 286 g/mol. The summed E-state index contributed by atoms with van der Waals surface area (Å²) in [5.74, 6) is 1.29. The van der Waals surface area contributed by atoms with Crippen LogP contribution in [-0.2, 0) is 13.0 Å². The number of nitrogens with two attached hydrogens (primary N) is 1. The lowest BCUT2D eigenvalue weighted by Gasteiger charge is -2.12. The van der Waals surface area contributed by atoms with E-state index < -0.39 is 0 Å². The maximum atomic E-state index is 6.07. The van der Waals surface area contributed by atoms with E-state index >= 15 is 0 Å². The van der Waals surface area contributed by atoms with Gasteiger partial charge in [0.2, 0.25) is 0 Å². The minimum Gasteiger partial charge on any atom is -0.491 e. The van der Waals surface area contributed by atoms with Gasteiger partial charge in [-0.05, 0) is 54.6 Å². The Kier molecular flexibility index (Phi) is 6.88. The molecule has 0 aliphatic rings. The van der Waals surface area contributed by atoms with Crippen molar-refractivity contribution in [3.63, 3.8) is 0 Å². The monoisotopic (exact) mass is 313 g/mol. The Morgan fingerprint density at radius 2 is 2.09 bits per heavy atom. The predicted octanol–water partition coefficient (Wildman–Crippen LogP) is 3.42. The van der Waals surface area contributed by atoms with Gasteiger partial charge in [0, 0.05) is 18.9 Å². The minimum absolute atomic E-state index is 0.500. The van der Waals surface area contributed by atoms with E-state index in [1.54, 1.807) is 6.20 Å². The largest absolute Gasteiger partial charge is 0.491 e. The third-order valence-electron chi connectivity index (χ3n) is 3.52. The van der Waals surface area contributed by atoms with E-state index in [1.807, 2.05) is 24.4 Å². The first kappa shape index (κ1) is 17.3. The van der Waals surface area contributed by atoms with E-state index in [1.165, 1.54) is 11.1 Å². The number of pyridine rings is 1. The van der Waals surface area contributed by atoms with Crippen LogP contribution in [0, 0.1) is 5.92 Å². The molecule has 1 heterocycles. The van der Waals surface area contributed by atoms with Crippen molar-refractivity contribution in [2.45, 2.75) is 33.2 Å². The van der Waals surface area contributed by atoms with Crippen LogP contribution in [0.3, 0.4) is 0 Å². The van der Waals surface area contributed by atoms with E-state index in [2.05, 4.69) is 36.3 Å². The molecule has 2 rings (SSSR count). The highest BCUT2D eigenvalue weighted by atomic mass is 16.5. The van der Waals surface area contributed by atoms with Crippen LogP contribution in [0.25, 0.3) is 0 Å². The highest BCUT2D eigenvalue weighted by molar-refractivity contribution is 5.54. The Bertz CT molecular complexity index is 584. The third-order valence-corrected chi connectivity index (χ3v) is 3.52. The van der Waals surface area contributed by atoms with Crippen LogP contribution < -0.4 is 15.8 Å². The number of nitrogen functional groups attached to an aromatic ring is 1. The molecule has 0 fully saturated rings. The smallest absolute Gasteiger partial charge is 0.142 e. The first-order valence-corrected chi connectivity index (χ1v) is 8.26. The molecule has 1 aromatic heterocycles. The molecule has 0 unspecified atom stereocenters. The topological polar surface area (TPSA) is 60.2 Å². The molecule has 0 radical (unpaired) electrons. The van der Waals surface area contributed by atoms with E-state index in [0.717, 1.165) is 37.4 Å². The van der Waals surface area contributed by atoms with E-state index in [9.17, 15) is 0 Å². The highest BCUT2D eigenvalue weighted by Crippen LogP contribution is 2.23. The SMILES string of the molecule is CC(C)COc1ccc(CCCNCc2cccnc2)cc1N. The molecule has 0 bridgehead atoms. The first-order valence-electron chi connectivity index (χ1n) is 8.26. The molecule has 4 nitrogen and oxygen atoms in total. The zero-order chi connectivity index (χ0) is 16.5. The number of ether oxygens (including phenoxy) is 1. The Labute approximate surface area is 139 Å². The van der Waals surface area contributed by atoms with E-state index in [0.29, 0.717) is 12.5 Å². The van der Waals surface area contributed by atoms with Crippen LogP contribution in [0.4, 0.5) is 5.69 Å². The normalized spacial score (nSPS) is 10.9. The fourth-order valence-electron chi connectivity index (χ4n) is 2.29. The van der Waals surface area contributed by atoms with Crippen LogP contribution in [0.5, 0.6) is 5.75 Å². The molecule has 3 N–H and O–H groups in total. The molecule has 2 aromatic rings. The van der Waals surface area contributed by atoms with Gasteiger partial charge in [-0.25, -0.2) is 0 Å². The zero-order valence-corrected chi connectivity index (χ0v) is 14.1. The van der Waals surface area contributed by atoms with Crippen molar-refractivity contribution in [1.29, 1.82) is 0 Å². The van der Waals surface area contributed by atoms with Crippen molar-refractivity contribution in [3.05, 3.63) is 53.9 Å². The molecule has 0 saturated heterocycles. The molecule has 0 amide bonds. The number of aryl methyl sites for hydroxylation is 1. The summed E-state index contributed by atoms with van der Waals surface area (Å²) in [5, 5.41) is 3.43. The first-order chi connectivity index (χ1) is 11.1. The molecule has 0 saturated carbocycles. The second-order valence-electron chi connectivity index (χ2n) is 6.22. The quantitative estimate of drug-likeness (QED) is 0.550. The van der Waals surface area contributed by atoms with Gasteiger partial charge in [0.05, 0.1) is 12.3 Å². The summed E-state index contributed by atoms with van der Waals surface area (Å²) in [5.41, 5.74) is 9.26. The van der Waals surface area contributed by atoms with Crippen molar-refractivity contribution in [2.24, 2.45) is 5.92 Å². The number of benzene rings is 1. The fourth-order valence-corrected chi connectivity index (χ4v) is 2.29. The zero-order valence-electron chi connectivity index (χ0n) is 14.1. The number of hydrogen-bond donors (Lipinski definition) is 2. The molecule has 1 aromatic carbocycles. The van der Waals surface area contributed by atoms with Gasteiger partial charge >= 0.3 is 0 Å². The minimum atomic E-state index is 0.500. The molecule has 0 spiro atoms. The molecular formula is C19H27N3O. The summed E-state index contributed by atoms with van der Waals surface area (Å²) in [4.78, 5) is 4.11. The molecule has 0 aliphatic carbocycles. The fraction of sp³-hybridized carbons (Fsp3) is 0.421. The van der Waals surface area contributed by atoms with Gasteiger partial charge in [0.25, 0.3) is 0 Å². The summed E-state index contributed by atoms with van der Waals surface area (Å²) in [6.07, 6.45) is 5.77. The number of nitrogens with zero attached hydrogens (tertiary/aromatic N) is 1. The maximum absolute atomic E-state index is 6.07. The Morgan fingerprint density at radius 3 is 2.78 bits per heavy atom. The van der Waals surface area contributed by atoms with E-state index in [-0.39, 0.29) is 0 Å². The summed E-state index contributed by atoms with van der Waals surface area (Å²) in [7, 11) is 0. The average Bonchev–Trinajstić information content (AvgIpc) is 2.54. The number of nitrogens with one attached hydrogen (secondary N) is 1. The number of anilines is 1. The molecule has 0 aliphatic heterocycles. The average molecular weight is 313 g/mol. The van der Waals surface area contributed by atoms with Crippen LogP contribution in [-0.4, -0.2) is 18.1 Å². The van der Waals surface area contributed by atoms with Crippen LogP contribution in [0.2, 0.25) is 0 Å². The second-order valence-corrected chi connectivity index (χ2v) is 6.22.